The van der Waals surface area contributed by atoms with Crippen molar-refractivity contribution < 1.29 is 42.6 Å². The molecule has 10 atom stereocenters. The second-order valence-electron chi connectivity index (χ2n) is 15.4. The van der Waals surface area contributed by atoms with Crippen LogP contribution in [-0.2, 0) is 35.3 Å². The van der Waals surface area contributed by atoms with Gasteiger partial charge in [-0.25, -0.2) is 4.79 Å². The first kappa shape index (κ1) is 35.5. The third-order valence-corrected chi connectivity index (χ3v) is 13.5. The molecule has 1 heterocycles. The van der Waals surface area contributed by atoms with Crippen LogP contribution in [0, 0.1) is 58.7 Å². The molecular weight excluding hydrogens is 624 g/mol. The molecule has 4 saturated carbocycles. The van der Waals surface area contributed by atoms with E-state index in [0.717, 1.165) is 51.4 Å². The number of allylic oxidation sites excluding steroid dienone is 2. The van der Waals surface area contributed by atoms with E-state index in [4.69, 9.17) is 4.74 Å². The van der Waals surface area contributed by atoms with Crippen molar-refractivity contribution in [3.63, 3.8) is 0 Å². The number of hydrogen-bond donors (Lipinski definition) is 1. The van der Waals surface area contributed by atoms with E-state index >= 15 is 0 Å². The highest BCUT2D eigenvalue weighted by molar-refractivity contribution is 7.99. The molecule has 1 aromatic heterocycles. The number of thioether (sulfide) groups is 1. The number of esters is 1. The lowest BCUT2D eigenvalue weighted by Crippen LogP contribution is -2.62. The van der Waals surface area contributed by atoms with E-state index in [2.05, 4.69) is 41.3 Å². The van der Waals surface area contributed by atoms with E-state index in [-0.39, 0.29) is 76.6 Å². The van der Waals surface area contributed by atoms with Gasteiger partial charge >= 0.3 is 17.8 Å². The summed E-state index contributed by atoms with van der Waals surface area (Å²) in [4.78, 5) is 58.4. The molecule has 47 heavy (non-hydrogen) atoms. The minimum Gasteiger partial charge on any atom is -0.481 e. The average Bonchev–Trinajstić information content (AvgIpc) is 3.33. The molecule has 0 saturated heterocycles. The van der Waals surface area contributed by atoms with Gasteiger partial charge in [0.05, 0.1) is 11.7 Å². The van der Waals surface area contributed by atoms with Gasteiger partial charge in [-0.3, -0.25) is 19.2 Å². The van der Waals surface area contributed by atoms with E-state index in [1.165, 1.54) is 17.3 Å². The Morgan fingerprint density at radius 2 is 1.72 bits per heavy atom. The number of carbonyl (C=O) groups is 4. The van der Waals surface area contributed by atoms with Gasteiger partial charge in [0.25, 0.3) is 6.47 Å². The second-order valence-corrected chi connectivity index (χ2v) is 16.3. The van der Waals surface area contributed by atoms with Gasteiger partial charge < -0.3 is 23.4 Å². The molecule has 5 aliphatic carbocycles. The van der Waals surface area contributed by atoms with Crippen LogP contribution in [0.1, 0.15) is 97.0 Å². The average molecular weight is 675 g/mol. The number of carboxylic acid groups (broad SMARTS) is 1. The number of ketones is 1. The summed E-state index contributed by atoms with van der Waals surface area (Å²) in [5, 5.41) is 9.77. The van der Waals surface area contributed by atoms with E-state index in [9.17, 15) is 29.1 Å². The van der Waals surface area contributed by atoms with Gasteiger partial charge in [-0.1, -0.05) is 33.3 Å². The summed E-state index contributed by atoms with van der Waals surface area (Å²) in [5.74, 6) is 0.561. The van der Waals surface area contributed by atoms with Crippen molar-refractivity contribution >= 4 is 36.0 Å². The standard InChI is InChI=1S/C30H44O5S.C6H6O5/c1-17-20-8-12-30(4)21-7-11-28(2)10-6-18(27(33)34)14-22(28)19(21)15-23(31)26(30)29(20,3)13-9-24(17)35-25(32)16-36-5;1-4-5(2-9-3-7)11-6(8)10-4/h15,17-18,20-22,24,26H,6-14,16H2,1-5H3,(H,33,34);3H,2H2,1H3. The largest absolute Gasteiger partial charge is 0.519 e. The monoisotopic (exact) mass is 674 g/mol. The summed E-state index contributed by atoms with van der Waals surface area (Å²) < 4.78 is 19.3. The summed E-state index contributed by atoms with van der Waals surface area (Å²) in [7, 11) is 0. The normalized spacial score (nSPS) is 39.0. The zero-order chi connectivity index (χ0) is 34.3. The molecule has 0 aromatic carbocycles. The van der Waals surface area contributed by atoms with Crippen LogP contribution in [0.15, 0.2) is 25.3 Å². The van der Waals surface area contributed by atoms with E-state index in [1.54, 1.807) is 6.92 Å². The van der Waals surface area contributed by atoms with Crippen LogP contribution in [0.25, 0.3) is 0 Å². The Morgan fingerprint density at radius 1 is 1.02 bits per heavy atom. The van der Waals surface area contributed by atoms with Gasteiger partial charge in [-0.15, -0.1) is 0 Å². The van der Waals surface area contributed by atoms with Crippen molar-refractivity contribution in [3.8, 4) is 0 Å². The number of fused-ring (bicyclic) bond motifs is 7. The van der Waals surface area contributed by atoms with Crippen LogP contribution < -0.4 is 5.82 Å². The Kier molecular flexibility index (Phi) is 10.3. The molecule has 10 unspecified atom stereocenters. The van der Waals surface area contributed by atoms with Crippen molar-refractivity contribution in [2.75, 3.05) is 12.0 Å². The lowest BCUT2D eigenvalue weighted by atomic mass is 9.38. The SMILES string of the molecule is CSCC(=O)OC1CCC2(C)C(CCC3(C)C4CCC5(C)CCC(C(=O)O)CC5C4=CC(=O)C32)C1C.Cc1oc(=O)oc1COC=O. The Hall–Kier alpha value is -2.82. The van der Waals surface area contributed by atoms with Crippen molar-refractivity contribution in [1.82, 2.24) is 0 Å². The fourth-order valence-electron chi connectivity index (χ4n) is 10.7. The maximum Gasteiger partial charge on any atom is 0.519 e. The number of carbonyl (C=O) groups excluding carboxylic acids is 3. The van der Waals surface area contributed by atoms with Crippen molar-refractivity contribution in [2.24, 2.45) is 51.8 Å². The topological polar surface area (TPSA) is 150 Å². The lowest BCUT2D eigenvalue weighted by Gasteiger charge is -2.65. The molecule has 10 nitrogen and oxygen atoms in total. The molecule has 0 amide bonds. The number of hydrogen-bond acceptors (Lipinski definition) is 10. The third kappa shape index (κ3) is 6.49. The van der Waals surface area contributed by atoms with Crippen LogP contribution in [0.3, 0.4) is 0 Å². The van der Waals surface area contributed by atoms with Crippen LogP contribution in [0.5, 0.6) is 0 Å². The molecular formula is C36H50O10S. The fraction of sp³-hybridized carbons (Fsp3) is 0.750. The lowest BCUT2D eigenvalue weighted by molar-refractivity contribution is -0.180. The van der Waals surface area contributed by atoms with Crippen LogP contribution >= 0.6 is 11.8 Å². The van der Waals surface area contributed by atoms with Crippen LogP contribution in [0.2, 0.25) is 0 Å². The van der Waals surface area contributed by atoms with Gasteiger partial charge in [-0.05, 0) is 117 Å². The highest BCUT2D eigenvalue weighted by atomic mass is 32.2. The van der Waals surface area contributed by atoms with Crippen LogP contribution in [0.4, 0.5) is 0 Å². The Balaban J connectivity index is 0.000000335. The summed E-state index contributed by atoms with van der Waals surface area (Å²) in [6, 6.07) is 0. The molecule has 260 valence electrons. The summed E-state index contributed by atoms with van der Waals surface area (Å²) in [6.45, 7) is 11.1. The number of carboxylic acids is 1. The second kappa shape index (κ2) is 13.6. The minimum atomic E-state index is -0.785. The smallest absolute Gasteiger partial charge is 0.481 e. The van der Waals surface area contributed by atoms with E-state index in [0.29, 0.717) is 29.8 Å². The van der Waals surface area contributed by atoms with Gasteiger partial charge in [-0.2, -0.15) is 11.8 Å². The molecule has 0 bridgehead atoms. The van der Waals surface area contributed by atoms with E-state index < -0.39 is 11.8 Å². The molecule has 0 radical (unpaired) electrons. The molecule has 11 heteroatoms. The molecule has 0 spiro atoms. The zero-order valence-electron chi connectivity index (χ0n) is 28.5. The number of aryl methyl sites for hydroxylation is 1. The quantitative estimate of drug-likeness (QED) is 0.254. The van der Waals surface area contributed by atoms with Crippen molar-refractivity contribution in [3.05, 3.63) is 33.8 Å². The van der Waals surface area contributed by atoms with Crippen molar-refractivity contribution in [1.29, 1.82) is 0 Å². The van der Waals surface area contributed by atoms with Crippen LogP contribution in [-0.4, -0.2) is 47.4 Å². The fourth-order valence-corrected chi connectivity index (χ4v) is 11.0. The molecule has 1 N–H and O–H groups in total. The molecule has 0 aliphatic heterocycles. The van der Waals surface area contributed by atoms with Gasteiger partial charge in [0.1, 0.15) is 6.10 Å². The predicted octanol–water partition coefficient (Wildman–Crippen LogP) is 6.37. The van der Waals surface area contributed by atoms with E-state index in [1.807, 2.05) is 12.3 Å². The number of ether oxygens (including phenoxy) is 2. The maximum atomic E-state index is 14.1. The zero-order valence-corrected chi connectivity index (χ0v) is 29.3. The van der Waals surface area contributed by atoms with Crippen molar-refractivity contribution in [2.45, 2.75) is 105 Å². The first-order valence-corrected chi connectivity index (χ1v) is 18.4. The minimum absolute atomic E-state index is 0.00832. The number of rotatable bonds is 7. The van der Waals surface area contributed by atoms with Gasteiger partial charge in [0.2, 0.25) is 0 Å². The van der Waals surface area contributed by atoms with Gasteiger partial charge in [0.15, 0.2) is 23.9 Å². The molecule has 1 aromatic rings. The highest BCUT2D eigenvalue weighted by Gasteiger charge is 2.65. The first-order valence-electron chi connectivity index (χ1n) is 17.0. The Bertz CT molecular complexity index is 1460. The third-order valence-electron chi connectivity index (χ3n) is 13.0. The highest BCUT2D eigenvalue weighted by Crippen LogP contribution is 2.69. The maximum absolute atomic E-state index is 14.1. The first-order chi connectivity index (χ1) is 22.2. The molecule has 4 fully saturated rings. The predicted molar refractivity (Wildman–Crippen MR) is 174 cm³/mol. The Morgan fingerprint density at radius 3 is 2.36 bits per heavy atom. The summed E-state index contributed by atoms with van der Waals surface area (Å²) in [6.07, 6.45) is 12.3. The molecule has 5 aliphatic rings. The number of aliphatic carboxylic acids is 1. The molecule has 6 rings (SSSR count). The summed E-state index contributed by atoms with van der Waals surface area (Å²) >= 11 is 1.50. The summed E-state index contributed by atoms with van der Waals surface area (Å²) in [5.41, 5.74) is 1.23. The van der Waals surface area contributed by atoms with Gasteiger partial charge in [0, 0.05) is 5.92 Å². The Labute approximate surface area is 280 Å².